The van der Waals surface area contributed by atoms with Gasteiger partial charge in [-0.05, 0) is 26.2 Å². The molecule has 0 aromatic carbocycles. The largest absolute Gasteiger partial charge is 0.388 e. The highest BCUT2D eigenvalue weighted by molar-refractivity contribution is 5.55. The summed E-state index contributed by atoms with van der Waals surface area (Å²) in [5, 5.41) is 13.3. The van der Waals surface area contributed by atoms with Crippen molar-refractivity contribution in [3.8, 4) is 0 Å². The zero-order chi connectivity index (χ0) is 13.3. The molecule has 18 heavy (non-hydrogen) atoms. The van der Waals surface area contributed by atoms with Crippen LogP contribution in [0.4, 0.5) is 11.6 Å². The Kier molecular flexibility index (Phi) is 3.43. The fourth-order valence-corrected chi connectivity index (χ4v) is 1.99. The van der Waals surface area contributed by atoms with Crippen molar-refractivity contribution in [1.29, 1.82) is 0 Å². The Bertz CT molecular complexity index is 441. The van der Waals surface area contributed by atoms with Crippen molar-refractivity contribution in [3.63, 3.8) is 0 Å². The van der Waals surface area contributed by atoms with Crippen molar-refractivity contribution >= 4 is 11.6 Å². The number of nitrogens with two attached hydrogens (primary N) is 1. The van der Waals surface area contributed by atoms with Crippen molar-refractivity contribution < 1.29 is 5.11 Å². The van der Waals surface area contributed by atoms with Crippen LogP contribution in [0.25, 0.3) is 0 Å². The quantitative estimate of drug-likeness (QED) is 0.759. The van der Waals surface area contributed by atoms with E-state index in [1.807, 2.05) is 20.8 Å². The normalized spacial score (nSPS) is 17.6. The highest BCUT2D eigenvalue weighted by Crippen LogP contribution is 2.32. The molecule has 4 N–H and O–H groups in total. The average molecular weight is 250 g/mol. The standard InChI is InChI=1S/C13H22N4O/c1-8(2)11-16-10(14)9(3)12(17-11)15-7-13(18)5-4-6-13/h8,18H,4-7H2,1-3H3,(H3,14,15,16,17). The summed E-state index contributed by atoms with van der Waals surface area (Å²) in [6, 6.07) is 0. The van der Waals surface area contributed by atoms with E-state index in [1.165, 1.54) is 0 Å². The van der Waals surface area contributed by atoms with Crippen LogP contribution in [0, 0.1) is 6.92 Å². The van der Waals surface area contributed by atoms with Crippen LogP contribution in [0.15, 0.2) is 0 Å². The molecule has 1 aromatic heterocycles. The minimum absolute atomic E-state index is 0.236. The summed E-state index contributed by atoms with van der Waals surface area (Å²) in [6.45, 7) is 6.50. The first-order valence-corrected chi connectivity index (χ1v) is 6.51. The molecule has 1 aromatic rings. The Morgan fingerprint density at radius 2 is 2.06 bits per heavy atom. The fourth-order valence-electron chi connectivity index (χ4n) is 1.99. The van der Waals surface area contributed by atoms with Crippen LogP contribution >= 0.6 is 0 Å². The second-order valence-corrected chi connectivity index (χ2v) is 5.53. The number of rotatable bonds is 4. The number of aliphatic hydroxyl groups is 1. The van der Waals surface area contributed by atoms with Crippen LogP contribution in [0.2, 0.25) is 0 Å². The zero-order valence-corrected chi connectivity index (χ0v) is 11.3. The summed E-state index contributed by atoms with van der Waals surface area (Å²) in [4.78, 5) is 8.76. The second kappa shape index (κ2) is 4.72. The van der Waals surface area contributed by atoms with E-state index in [2.05, 4.69) is 15.3 Å². The minimum Gasteiger partial charge on any atom is -0.388 e. The molecule has 5 nitrogen and oxygen atoms in total. The third kappa shape index (κ3) is 2.56. The van der Waals surface area contributed by atoms with Gasteiger partial charge in [0.1, 0.15) is 17.5 Å². The summed E-state index contributed by atoms with van der Waals surface area (Å²) in [5.74, 6) is 2.23. The Morgan fingerprint density at radius 3 is 2.56 bits per heavy atom. The van der Waals surface area contributed by atoms with Gasteiger partial charge in [-0.3, -0.25) is 0 Å². The summed E-state index contributed by atoms with van der Waals surface area (Å²) < 4.78 is 0. The molecule has 1 fully saturated rings. The van der Waals surface area contributed by atoms with E-state index in [-0.39, 0.29) is 5.92 Å². The lowest BCUT2D eigenvalue weighted by Gasteiger charge is -2.36. The van der Waals surface area contributed by atoms with Crippen LogP contribution in [0.1, 0.15) is 50.4 Å². The molecule has 0 saturated heterocycles. The topological polar surface area (TPSA) is 84.1 Å². The molecule has 1 heterocycles. The maximum Gasteiger partial charge on any atom is 0.135 e. The molecule has 0 bridgehead atoms. The predicted molar refractivity (Wildman–Crippen MR) is 72.6 cm³/mol. The lowest BCUT2D eigenvalue weighted by molar-refractivity contribution is -0.0202. The van der Waals surface area contributed by atoms with Crippen LogP contribution in [0.5, 0.6) is 0 Å². The monoisotopic (exact) mass is 250 g/mol. The van der Waals surface area contributed by atoms with E-state index in [0.717, 1.165) is 36.5 Å². The Morgan fingerprint density at radius 1 is 1.39 bits per heavy atom. The zero-order valence-electron chi connectivity index (χ0n) is 11.3. The van der Waals surface area contributed by atoms with E-state index in [1.54, 1.807) is 0 Å². The minimum atomic E-state index is -0.565. The van der Waals surface area contributed by atoms with Gasteiger partial charge < -0.3 is 16.2 Å². The first-order valence-electron chi connectivity index (χ1n) is 6.51. The molecule has 0 spiro atoms. The molecular formula is C13H22N4O. The van der Waals surface area contributed by atoms with Gasteiger partial charge in [-0.1, -0.05) is 13.8 Å². The second-order valence-electron chi connectivity index (χ2n) is 5.53. The molecule has 1 saturated carbocycles. The summed E-state index contributed by atoms with van der Waals surface area (Å²) in [5.41, 5.74) is 6.18. The Hall–Kier alpha value is -1.36. The molecule has 0 amide bonds. The smallest absolute Gasteiger partial charge is 0.135 e. The molecule has 1 aliphatic rings. The van der Waals surface area contributed by atoms with E-state index in [4.69, 9.17) is 5.73 Å². The van der Waals surface area contributed by atoms with Gasteiger partial charge in [-0.25, -0.2) is 9.97 Å². The van der Waals surface area contributed by atoms with Gasteiger partial charge >= 0.3 is 0 Å². The molecule has 1 aliphatic carbocycles. The molecule has 5 heteroatoms. The van der Waals surface area contributed by atoms with E-state index < -0.39 is 5.60 Å². The summed E-state index contributed by atoms with van der Waals surface area (Å²) in [6.07, 6.45) is 2.81. The maximum absolute atomic E-state index is 10.1. The number of nitrogen functional groups attached to an aromatic ring is 1. The third-order valence-corrected chi connectivity index (χ3v) is 3.59. The van der Waals surface area contributed by atoms with Gasteiger partial charge in [0.05, 0.1) is 5.60 Å². The van der Waals surface area contributed by atoms with Gasteiger partial charge in [0.2, 0.25) is 0 Å². The maximum atomic E-state index is 10.1. The SMILES string of the molecule is Cc1c(N)nc(C(C)C)nc1NCC1(O)CCC1. The van der Waals surface area contributed by atoms with Gasteiger partial charge in [0.15, 0.2) is 0 Å². The number of hydrogen-bond donors (Lipinski definition) is 3. The fraction of sp³-hybridized carbons (Fsp3) is 0.692. The summed E-state index contributed by atoms with van der Waals surface area (Å²) >= 11 is 0. The number of nitrogens with zero attached hydrogens (tertiary/aromatic N) is 2. The molecule has 0 radical (unpaired) electrons. The highest BCUT2D eigenvalue weighted by atomic mass is 16.3. The Balaban J connectivity index is 2.15. The molecule has 0 unspecified atom stereocenters. The van der Waals surface area contributed by atoms with Crippen LogP contribution in [-0.4, -0.2) is 27.2 Å². The lowest BCUT2D eigenvalue weighted by Crippen LogP contribution is -2.43. The van der Waals surface area contributed by atoms with Crippen LogP contribution < -0.4 is 11.1 Å². The summed E-state index contributed by atoms with van der Waals surface area (Å²) in [7, 11) is 0. The van der Waals surface area contributed by atoms with Gasteiger partial charge in [0.25, 0.3) is 0 Å². The number of hydrogen-bond acceptors (Lipinski definition) is 5. The third-order valence-electron chi connectivity index (χ3n) is 3.59. The molecular weight excluding hydrogens is 228 g/mol. The predicted octanol–water partition coefficient (Wildman–Crippen LogP) is 1.82. The van der Waals surface area contributed by atoms with E-state index in [0.29, 0.717) is 12.4 Å². The number of aromatic nitrogens is 2. The molecule has 2 rings (SSSR count). The molecule has 0 aliphatic heterocycles. The van der Waals surface area contributed by atoms with Crippen molar-refractivity contribution in [1.82, 2.24) is 9.97 Å². The van der Waals surface area contributed by atoms with Crippen molar-refractivity contribution in [2.24, 2.45) is 0 Å². The van der Waals surface area contributed by atoms with E-state index in [9.17, 15) is 5.11 Å². The average Bonchev–Trinajstić information content (AvgIpc) is 2.28. The van der Waals surface area contributed by atoms with E-state index >= 15 is 0 Å². The van der Waals surface area contributed by atoms with Crippen molar-refractivity contribution in [2.45, 2.75) is 51.6 Å². The lowest BCUT2D eigenvalue weighted by atomic mass is 9.80. The van der Waals surface area contributed by atoms with Crippen molar-refractivity contribution in [2.75, 3.05) is 17.6 Å². The first kappa shape index (κ1) is 13.1. The molecule has 100 valence electrons. The van der Waals surface area contributed by atoms with Crippen molar-refractivity contribution in [3.05, 3.63) is 11.4 Å². The Labute approximate surface area is 108 Å². The number of nitrogens with one attached hydrogen (secondary N) is 1. The first-order chi connectivity index (χ1) is 8.41. The van der Waals surface area contributed by atoms with Gasteiger partial charge in [0, 0.05) is 18.0 Å². The van der Waals surface area contributed by atoms with Crippen LogP contribution in [0.3, 0.4) is 0 Å². The number of anilines is 2. The van der Waals surface area contributed by atoms with Crippen LogP contribution in [-0.2, 0) is 0 Å². The van der Waals surface area contributed by atoms with Gasteiger partial charge in [-0.2, -0.15) is 0 Å². The molecule has 0 atom stereocenters. The van der Waals surface area contributed by atoms with Gasteiger partial charge in [-0.15, -0.1) is 0 Å². The highest BCUT2D eigenvalue weighted by Gasteiger charge is 2.34.